The third-order valence-corrected chi connectivity index (χ3v) is 3.94. The van der Waals surface area contributed by atoms with Crippen molar-refractivity contribution in [1.29, 1.82) is 0 Å². The lowest BCUT2D eigenvalue weighted by Crippen LogP contribution is -2.26. The van der Waals surface area contributed by atoms with Crippen molar-refractivity contribution in [3.05, 3.63) is 47.0 Å². The second-order valence-electron chi connectivity index (χ2n) is 5.72. The molecule has 2 amide bonds. The maximum absolute atomic E-state index is 12.5. The molecule has 0 aliphatic rings. The average Bonchev–Trinajstić information content (AvgIpc) is 2.66. The number of para-hydroxylation sites is 1. The predicted octanol–water partition coefficient (Wildman–Crippen LogP) is 3.08. The molecule has 27 heavy (non-hydrogen) atoms. The van der Waals surface area contributed by atoms with Gasteiger partial charge in [-0.1, -0.05) is 23.7 Å². The van der Waals surface area contributed by atoms with Crippen LogP contribution in [-0.4, -0.2) is 51.6 Å². The number of halogens is 1. The zero-order valence-corrected chi connectivity index (χ0v) is 16.3. The predicted molar refractivity (Wildman–Crippen MR) is 103 cm³/mol. The van der Waals surface area contributed by atoms with Crippen molar-refractivity contribution >= 4 is 29.1 Å². The SMILES string of the molecule is COc1cc(NC(=O)COc2ccccc2Cl)c(C(=O)N(C)C)cc1OC. The number of rotatable bonds is 7. The maximum Gasteiger partial charge on any atom is 0.262 e. The minimum Gasteiger partial charge on any atom is -0.493 e. The van der Waals surface area contributed by atoms with Crippen LogP contribution in [-0.2, 0) is 4.79 Å². The fraction of sp³-hybridized carbons (Fsp3) is 0.263. The number of nitrogens with zero attached hydrogens (tertiary/aromatic N) is 1. The number of ether oxygens (including phenoxy) is 3. The first kappa shape index (κ1) is 20.4. The van der Waals surface area contributed by atoms with E-state index in [2.05, 4.69) is 5.32 Å². The number of amides is 2. The smallest absolute Gasteiger partial charge is 0.262 e. The molecule has 0 fully saturated rings. The maximum atomic E-state index is 12.5. The van der Waals surface area contributed by atoms with E-state index in [9.17, 15) is 9.59 Å². The van der Waals surface area contributed by atoms with Gasteiger partial charge in [-0.2, -0.15) is 0 Å². The van der Waals surface area contributed by atoms with Crippen molar-refractivity contribution in [3.63, 3.8) is 0 Å². The lowest BCUT2D eigenvalue weighted by molar-refractivity contribution is -0.118. The van der Waals surface area contributed by atoms with Gasteiger partial charge in [0.1, 0.15) is 5.75 Å². The Labute approximate surface area is 162 Å². The van der Waals surface area contributed by atoms with E-state index in [1.165, 1.54) is 31.3 Å². The van der Waals surface area contributed by atoms with Gasteiger partial charge in [0.2, 0.25) is 0 Å². The van der Waals surface area contributed by atoms with Crippen LogP contribution in [0.1, 0.15) is 10.4 Å². The molecule has 7 nitrogen and oxygen atoms in total. The van der Waals surface area contributed by atoms with Crippen molar-refractivity contribution in [2.75, 3.05) is 40.2 Å². The van der Waals surface area contributed by atoms with Crippen LogP contribution in [0.25, 0.3) is 0 Å². The number of benzene rings is 2. The summed E-state index contributed by atoms with van der Waals surface area (Å²) in [7, 11) is 6.17. The van der Waals surface area contributed by atoms with Crippen molar-refractivity contribution in [2.24, 2.45) is 0 Å². The Bertz CT molecular complexity index is 839. The first-order chi connectivity index (χ1) is 12.9. The molecule has 0 aromatic heterocycles. The van der Waals surface area contributed by atoms with Gasteiger partial charge in [-0.15, -0.1) is 0 Å². The molecule has 0 saturated carbocycles. The van der Waals surface area contributed by atoms with E-state index in [0.717, 1.165) is 0 Å². The molecule has 1 N–H and O–H groups in total. The molecule has 0 heterocycles. The topological polar surface area (TPSA) is 77.1 Å². The molecule has 0 bridgehead atoms. The van der Waals surface area contributed by atoms with E-state index in [4.69, 9.17) is 25.8 Å². The minimum absolute atomic E-state index is 0.267. The summed E-state index contributed by atoms with van der Waals surface area (Å²) in [6, 6.07) is 9.89. The van der Waals surface area contributed by atoms with Crippen LogP contribution in [0.3, 0.4) is 0 Å². The summed E-state index contributed by atoms with van der Waals surface area (Å²) >= 11 is 6.01. The molecule has 8 heteroatoms. The fourth-order valence-electron chi connectivity index (χ4n) is 2.29. The van der Waals surface area contributed by atoms with Gasteiger partial charge in [0, 0.05) is 20.2 Å². The quantitative estimate of drug-likeness (QED) is 0.783. The second kappa shape index (κ2) is 9.14. The number of hydrogen-bond acceptors (Lipinski definition) is 5. The molecule has 0 unspecified atom stereocenters. The number of carbonyl (C=O) groups excluding carboxylic acids is 2. The van der Waals surface area contributed by atoms with E-state index in [0.29, 0.717) is 28.0 Å². The number of hydrogen-bond donors (Lipinski definition) is 1. The summed E-state index contributed by atoms with van der Waals surface area (Å²) in [4.78, 5) is 26.2. The molecule has 0 aliphatic carbocycles. The highest BCUT2D eigenvalue weighted by Gasteiger charge is 2.20. The molecule has 2 aromatic carbocycles. The monoisotopic (exact) mass is 392 g/mol. The fourth-order valence-corrected chi connectivity index (χ4v) is 2.48. The number of carbonyl (C=O) groups is 2. The Morgan fingerprint density at radius 3 is 2.26 bits per heavy atom. The highest BCUT2D eigenvalue weighted by atomic mass is 35.5. The summed E-state index contributed by atoms with van der Waals surface area (Å²) < 4.78 is 15.9. The number of anilines is 1. The van der Waals surface area contributed by atoms with E-state index >= 15 is 0 Å². The lowest BCUT2D eigenvalue weighted by atomic mass is 10.1. The molecule has 2 rings (SSSR count). The van der Waals surface area contributed by atoms with Crippen LogP contribution in [0.15, 0.2) is 36.4 Å². The van der Waals surface area contributed by atoms with Crippen molar-refractivity contribution in [3.8, 4) is 17.2 Å². The highest BCUT2D eigenvalue weighted by Crippen LogP contribution is 2.34. The summed E-state index contributed by atoms with van der Waals surface area (Å²) in [5.41, 5.74) is 0.558. The molecule has 0 atom stereocenters. The van der Waals surface area contributed by atoms with Crippen LogP contribution in [0.4, 0.5) is 5.69 Å². The Hall–Kier alpha value is -2.93. The van der Waals surface area contributed by atoms with E-state index in [1.807, 2.05) is 0 Å². The van der Waals surface area contributed by atoms with Crippen molar-refractivity contribution in [2.45, 2.75) is 0 Å². The molecule has 144 valence electrons. The third kappa shape index (κ3) is 5.04. The van der Waals surface area contributed by atoms with Crippen LogP contribution >= 0.6 is 11.6 Å². The van der Waals surface area contributed by atoms with Gasteiger partial charge < -0.3 is 24.4 Å². The Morgan fingerprint density at radius 2 is 1.67 bits per heavy atom. The second-order valence-corrected chi connectivity index (χ2v) is 6.13. The highest BCUT2D eigenvalue weighted by molar-refractivity contribution is 6.32. The van der Waals surface area contributed by atoms with Gasteiger partial charge in [-0.3, -0.25) is 9.59 Å². The Kier molecular flexibility index (Phi) is 6.90. The molecule has 0 aliphatic heterocycles. The van der Waals surface area contributed by atoms with Gasteiger partial charge in [0.05, 0.1) is 30.5 Å². The average molecular weight is 393 g/mol. The van der Waals surface area contributed by atoms with Gasteiger partial charge in [0.15, 0.2) is 18.1 Å². The van der Waals surface area contributed by atoms with Gasteiger partial charge in [0.25, 0.3) is 11.8 Å². The Morgan fingerprint density at radius 1 is 1.04 bits per heavy atom. The molecular formula is C19H21ClN2O5. The first-order valence-corrected chi connectivity index (χ1v) is 8.40. The molecule has 2 aromatic rings. The van der Waals surface area contributed by atoms with Gasteiger partial charge in [-0.05, 0) is 18.2 Å². The van der Waals surface area contributed by atoms with E-state index in [1.54, 1.807) is 38.4 Å². The van der Waals surface area contributed by atoms with Gasteiger partial charge in [-0.25, -0.2) is 0 Å². The zero-order valence-electron chi connectivity index (χ0n) is 15.5. The number of nitrogens with one attached hydrogen (secondary N) is 1. The molecule has 0 saturated heterocycles. The zero-order chi connectivity index (χ0) is 20.0. The number of methoxy groups -OCH3 is 2. The Balaban J connectivity index is 2.23. The molecule has 0 spiro atoms. The largest absolute Gasteiger partial charge is 0.493 e. The van der Waals surface area contributed by atoms with Gasteiger partial charge >= 0.3 is 0 Å². The summed E-state index contributed by atoms with van der Waals surface area (Å²) in [5, 5.41) is 3.07. The van der Waals surface area contributed by atoms with Crippen LogP contribution in [0.5, 0.6) is 17.2 Å². The van der Waals surface area contributed by atoms with Crippen LogP contribution in [0.2, 0.25) is 5.02 Å². The minimum atomic E-state index is -0.449. The van der Waals surface area contributed by atoms with Crippen LogP contribution < -0.4 is 19.5 Å². The van der Waals surface area contributed by atoms with E-state index < -0.39 is 5.91 Å². The lowest BCUT2D eigenvalue weighted by Gasteiger charge is -2.18. The van der Waals surface area contributed by atoms with Crippen molar-refractivity contribution in [1.82, 2.24) is 4.90 Å². The van der Waals surface area contributed by atoms with Crippen LogP contribution in [0, 0.1) is 0 Å². The molecular weight excluding hydrogens is 372 g/mol. The summed E-state index contributed by atoms with van der Waals surface area (Å²) in [6.07, 6.45) is 0. The third-order valence-electron chi connectivity index (χ3n) is 3.63. The van der Waals surface area contributed by atoms with E-state index in [-0.39, 0.29) is 18.1 Å². The van der Waals surface area contributed by atoms with Crippen molar-refractivity contribution < 1.29 is 23.8 Å². The summed E-state index contributed by atoms with van der Waals surface area (Å²) in [5.74, 6) is 0.419. The summed E-state index contributed by atoms with van der Waals surface area (Å²) in [6.45, 7) is -0.270. The first-order valence-electron chi connectivity index (χ1n) is 8.02. The molecule has 0 radical (unpaired) electrons. The normalized spacial score (nSPS) is 10.1. The standard InChI is InChI=1S/C19H21ClN2O5/c1-22(2)19(24)12-9-16(25-3)17(26-4)10-14(12)21-18(23)11-27-15-8-6-5-7-13(15)20/h5-10H,11H2,1-4H3,(H,21,23).